The second kappa shape index (κ2) is 16.3. The Bertz CT molecular complexity index is 1010. The molecule has 2 rings (SSSR count). The lowest BCUT2D eigenvalue weighted by Gasteiger charge is -2.29. The molecule has 3 N–H and O–H groups in total. The van der Waals surface area contributed by atoms with Crippen molar-refractivity contribution in [3.8, 4) is 5.75 Å². The summed E-state index contributed by atoms with van der Waals surface area (Å²) in [7, 11) is 1.57. The van der Waals surface area contributed by atoms with Gasteiger partial charge in [0.05, 0.1) is 13.2 Å². The molecule has 0 aliphatic heterocycles. The quantitative estimate of drug-likeness (QED) is 0.320. The van der Waals surface area contributed by atoms with Crippen molar-refractivity contribution in [2.45, 2.75) is 71.1 Å². The summed E-state index contributed by atoms with van der Waals surface area (Å²) in [6, 6.07) is 10.7. The number of nitrogens with zero attached hydrogens (tertiary/aromatic N) is 2. The van der Waals surface area contributed by atoms with E-state index in [1.165, 1.54) is 12.1 Å². The summed E-state index contributed by atoms with van der Waals surface area (Å²) in [5, 5.41) is 11.1. The Labute approximate surface area is 230 Å². The molecule has 2 amide bonds. The molecule has 0 saturated heterocycles. The van der Waals surface area contributed by atoms with Crippen LogP contribution < -0.4 is 10.5 Å². The summed E-state index contributed by atoms with van der Waals surface area (Å²) in [4.78, 5) is 29.3. The van der Waals surface area contributed by atoms with Crippen molar-refractivity contribution in [3.05, 3.63) is 64.4 Å². The zero-order valence-corrected chi connectivity index (χ0v) is 23.4. The predicted molar refractivity (Wildman–Crippen MR) is 149 cm³/mol. The van der Waals surface area contributed by atoms with Gasteiger partial charge in [0, 0.05) is 50.1 Å². The Balaban J connectivity index is 2.08. The van der Waals surface area contributed by atoms with Gasteiger partial charge in [0.2, 0.25) is 11.8 Å². The Morgan fingerprint density at radius 2 is 1.68 bits per heavy atom. The van der Waals surface area contributed by atoms with Crippen LogP contribution in [0.2, 0.25) is 5.02 Å². The highest BCUT2D eigenvalue weighted by Crippen LogP contribution is 2.18. The number of aliphatic hydroxyl groups is 1. The molecule has 0 saturated carbocycles. The number of halogens is 2. The van der Waals surface area contributed by atoms with Crippen LogP contribution in [0.5, 0.6) is 5.75 Å². The maximum absolute atomic E-state index is 13.7. The largest absolute Gasteiger partial charge is 0.497 e. The van der Waals surface area contributed by atoms with Crippen LogP contribution in [0.3, 0.4) is 0 Å². The molecule has 0 bridgehead atoms. The van der Waals surface area contributed by atoms with E-state index in [0.29, 0.717) is 37.2 Å². The van der Waals surface area contributed by atoms with Crippen molar-refractivity contribution in [1.29, 1.82) is 0 Å². The summed E-state index contributed by atoms with van der Waals surface area (Å²) in [6.45, 7) is 5.74. The summed E-state index contributed by atoms with van der Waals surface area (Å²) in [6.07, 6.45) is 1.79. The van der Waals surface area contributed by atoms with Crippen LogP contribution in [-0.2, 0) is 22.6 Å². The number of methoxy groups -OCH3 is 1. The van der Waals surface area contributed by atoms with Gasteiger partial charge in [-0.25, -0.2) is 4.39 Å². The van der Waals surface area contributed by atoms with Crippen LogP contribution in [-0.4, -0.2) is 65.6 Å². The number of hydrogen-bond acceptors (Lipinski definition) is 5. The third-order valence-electron chi connectivity index (χ3n) is 6.28. The maximum atomic E-state index is 13.7. The fourth-order valence-electron chi connectivity index (χ4n) is 4.35. The minimum atomic E-state index is -1.06. The maximum Gasteiger partial charge on any atom is 0.222 e. The predicted octanol–water partition coefficient (Wildman–Crippen LogP) is 4.57. The van der Waals surface area contributed by atoms with E-state index >= 15 is 0 Å². The van der Waals surface area contributed by atoms with Gasteiger partial charge < -0.3 is 25.4 Å². The van der Waals surface area contributed by atoms with Crippen LogP contribution in [0.25, 0.3) is 0 Å². The Morgan fingerprint density at radius 3 is 2.29 bits per heavy atom. The van der Waals surface area contributed by atoms with Gasteiger partial charge in [0.15, 0.2) is 0 Å². The molecule has 0 aromatic heterocycles. The van der Waals surface area contributed by atoms with Gasteiger partial charge in [-0.2, -0.15) is 0 Å². The van der Waals surface area contributed by atoms with E-state index in [2.05, 4.69) is 0 Å². The van der Waals surface area contributed by atoms with E-state index in [1.54, 1.807) is 18.1 Å². The SMILES string of the molecule is CCCN(CCC)C(=O)CCCC(=O)N(Cc1cccc(OC)c1)C[C@@H](O)[C@@H](N)Cc1cc(F)cc(Cl)c1. The third-order valence-corrected chi connectivity index (χ3v) is 6.49. The number of hydrogen-bond donors (Lipinski definition) is 2. The van der Waals surface area contributed by atoms with Gasteiger partial charge in [-0.05, 0) is 67.1 Å². The molecule has 2 aromatic rings. The van der Waals surface area contributed by atoms with Crippen molar-refractivity contribution in [1.82, 2.24) is 9.80 Å². The van der Waals surface area contributed by atoms with Crippen molar-refractivity contribution in [2.24, 2.45) is 5.73 Å². The van der Waals surface area contributed by atoms with Gasteiger partial charge in [-0.3, -0.25) is 9.59 Å². The molecule has 0 aliphatic rings. The van der Waals surface area contributed by atoms with Crippen molar-refractivity contribution in [3.63, 3.8) is 0 Å². The highest BCUT2D eigenvalue weighted by molar-refractivity contribution is 6.30. The second-order valence-electron chi connectivity index (χ2n) is 9.57. The molecule has 2 aromatic carbocycles. The molecule has 210 valence electrons. The number of carbonyl (C=O) groups excluding carboxylic acids is 2. The lowest BCUT2D eigenvalue weighted by Crippen LogP contribution is -2.46. The van der Waals surface area contributed by atoms with Crippen LogP contribution in [0.15, 0.2) is 42.5 Å². The van der Waals surface area contributed by atoms with E-state index < -0.39 is 18.0 Å². The molecular formula is C29H41ClFN3O4. The zero-order valence-electron chi connectivity index (χ0n) is 22.7. The number of rotatable bonds is 16. The molecular weight excluding hydrogens is 509 g/mol. The second-order valence-corrected chi connectivity index (χ2v) is 10.0. The Hall–Kier alpha value is -2.68. The zero-order chi connectivity index (χ0) is 28.1. The molecule has 38 heavy (non-hydrogen) atoms. The minimum Gasteiger partial charge on any atom is -0.497 e. The lowest BCUT2D eigenvalue weighted by molar-refractivity contribution is -0.134. The number of carbonyl (C=O) groups is 2. The standard InChI is InChI=1S/C29H41ClFN3O4/c1-4-12-33(13-5-2)28(36)10-7-11-29(37)34(19-21-8-6-9-25(16-21)38-3)20-27(35)26(32)17-22-14-23(30)18-24(31)15-22/h6,8-9,14-16,18,26-27,35H,4-5,7,10-13,17,19-20,32H2,1-3H3/t26-,27+/m0/s1. The van der Waals surface area contributed by atoms with E-state index in [0.717, 1.165) is 18.4 Å². The summed E-state index contributed by atoms with van der Waals surface area (Å²) in [5.74, 6) is 0.0533. The number of nitrogens with two attached hydrogens (primary N) is 1. The molecule has 0 heterocycles. The third kappa shape index (κ3) is 10.6. The average molecular weight is 550 g/mol. The van der Waals surface area contributed by atoms with E-state index in [-0.39, 0.29) is 42.8 Å². The summed E-state index contributed by atoms with van der Waals surface area (Å²) in [5.41, 5.74) is 7.64. The molecule has 7 nitrogen and oxygen atoms in total. The molecule has 0 unspecified atom stereocenters. The molecule has 2 atom stereocenters. The molecule has 9 heteroatoms. The number of amides is 2. The summed E-state index contributed by atoms with van der Waals surface area (Å²) < 4.78 is 19.0. The van der Waals surface area contributed by atoms with Gasteiger partial charge >= 0.3 is 0 Å². The van der Waals surface area contributed by atoms with Crippen molar-refractivity contribution >= 4 is 23.4 Å². The first kappa shape index (κ1) is 31.5. The fourth-order valence-corrected chi connectivity index (χ4v) is 4.60. The first-order valence-electron chi connectivity index (χ1n) is 13.2. The molecule has 0 radical (unpaired) electrons. The number of aliphatic hydroxyl groups excluding tert-OH is 1. The van der Waals surface area contributed by atoms with Gasteiger partial charge in [0.25, 0.3) is 0 Å². The highest BCUT2D eigenvalue weighted by Gasteiger charge is 2.23. The number of benzene rings is 2. The smallest absolute Gasteiger partial charge is 0.222 e. The topological polar surface area (TPSA) is 96.1 Å². The van der Waals surface area contributed by atoms with Crippen LogP contribution >= 0.6 is 11.6 Å². The Kier molecular flexibility index (Phi) is 13.5. The lowest BCUT2D eigenvalue weighted by atomic mass is 10.0. The average Bonchev–Trinajstić information content (AvgIpc) is 2.87. The Morgan fingerprint density at radius 1 is 1.03 bits per heavy atom. The fraction of sp³-hybridized carbons (Fsp3) is 0.517. The monoisotopic (exact) mass is 549 g/mol. The normalized spacial score (nSPS) is 12.6. The van der Waals surface area contributed by atoms with Crippen LogP contribution in [0.4, 0.5) is 4.39 Å². The minimum absolute atomic E-state index is 0.00794. The van der Waals surface area contributed by atoms with E-state index in [4.69, 9.17) is 22.1 Å². The van der Waals surface area contributed by atoms with Gasteiger partial charge in [-0.1, -0.05) is 37.6 Å². The first-order chi connectivity index (χ1) is 18.2. The van der Waals surface area contributed by atoms with E-state index in [9.17, 15) is 19.1 Å². The highest BCUT2D eigenvalue weighted by atomic mass is 35.5. The van der Waals surface area contributed by atoms with Crippen molar-refractivity contribution < 1.29 is 23.8 Å². The van der Waals surface area contributed by atoms with Crippen LogP contribution in [0, 0.1) is 5.82 Å². The van der Waals surface area contributed by atoms with Crippen LogP contribution in [0.1, 0.15) is 57.1 Å². The summed E-state index contributed by atoms with van der Waals surface area (Å²) >= 11 is 5.95. The molecule has 0 fully saturated rings. The number of ether oxygens (including phenoxy) is 1. The van der Waals surface area contributed by atoms with Crippen molar-refractivity contribution in [2.75, 3.05) is 26.7 Å². The first-order valence-corrected chi connectivity index (χ1v) is 13.6. The molecule has 0 aliphatic carbocycles. The van der Waals surface area contributed by atoms with Gasteiger partial charge in [-0.15, -0.1) is 0 Å². The van der Waals surface area contributed by atoms with E-state index in [1.807, 2.05) is 43.0 Å². The molecule has 0 spiro atoms. The van der Waals surface area contributed by atoms with Gasteiger partial charge in [0.1, 0.15) is 11.6 Å².